The van der Waals surface area contributed by atoms with E-state index in [0.29, 0.717) is 43.0 Å². The van der Waals surface area contributed by atoms with Crippen LogP contribution in [0.2, 0.25) is 0 Å². The zero-order valence-corrected chi connectivity index (χ0v) is 19.2. The molecule has 180 valence electrons. The largest absolute Gasteiger partial charge is 0.481 e. The summed E-state index contributed by atoms with van der Waals surface area (Å²) in [6, 6.07) is 21.4. The van der Waals surface area contributed by atoms with Crippen LogP contribution in [0.1, 0.15) is 33.5 Å². The van der Waals surface area contributed by atoms with Gasteiger partial charge in [0.1, 0.15) is 6.04 Å². The number of benzene rings is 3. The fourth-order valence-corrected chi connectivity index (χ4v) is 4.13. The number of hydrogen-bond acceptors (Lipinski definition) is 5. The molecule has 0 aromatic heterocycles. The predicted molar refractivity (Wildman–Crippen MR) is 134 cm³/mol. The van der Waals surface area contributed by atoms with Crippen molar-refractivity contribution in [2.75, 3.05) is 17.2 Å². The summed E-state index contributed by atoms with van der Waals surface area (Å²) in [7, 11) is 0. The number of carbonyl (C=O) groups is 3. The van der Waals surface area contributed by atoms with Gasteiger partial charge in [0.25, 0.3) is 5.91 Å². The van der Waals surface area contributed by atoms with Crippen LogP contribution in [0.4, 0.5) is 11.4 Å². The molecule has 3 aromatic carbocycles. The van der Waals surface area contributed by atoms with Crippen molar-refractivity contribution in [2.24, 2.45) is 5.73 Å². The highest BCUT2D eigenvalue weighted by molar-refractivity contribution is 6.05. The number of carbonyl (C=O) groups excluding carboxylic acids is 2. The van der Waals surface area contributed by atoms with Crippen molar-refractivity contribution in [2.45, 2.75) is 32.0 Å². The molecular formula is C27H28N4O4. The van der Waals surface area contributed by atoms with E-state index in [0.717, 1.165) is 16.7 Å². The van der Waals surface area contributed by atoms with Crippen LogP contribution in [-0.4, -0.2) is 40.4 Å². The molecule has 5 N–H and O–H groups in total. The molecule has 1 unspecified atom stereocenters. The Morgan fingerprint density at radius 1 is 1.03 bits per heavy atom. The average molecular weight is 473 g/mol. The van der Waals surface area contributed by atoms with E-state index in [1.165, 1.54) is 0 Å². The van der Waals surface area contributed by atoms with Crippen LogP contribution in [-0.2, 0) is 29.1 Å². The van der Waals surface area contributed by atoms with Crippen LogP contribution in [0.5, 0.6) is 0 Å². The number of nitrogens with two attached hydrogens (primary N) is 1. The Morgan fingerprint density at radius 3 is 2.54 bits per heavy atom. The van der Waals surface area contributed by atoms with Gasteiger partial charge in [-0.05, 0) is 47.4 Å². The van der Waals surface area contributed by atoms with E-state index in [1.807, 2.05) is 48.5 Å². The molecule has 4 rings (SSSR count). The van der Waals surface area contributed by atoms with Crippen molar-refractivity contribution in [3.8, 4) is 0 Å². The lowest BCUT2D eigenvalue weighted by Gasteiger charge is -2.24. The van der Waals surface area contributed by atoms with Gasteiger partial charge in [-0.1, -0.05) is 48.5 Å². The molecule has 2 amide bonds. The maximum atomic E-state index is 13.2. The molecule has 1 aliphatic rings. The van der Waals surface area contributed by atoms with E-state index in [9.17, 15) is 19.5 Å². The fourth-order valence-electron chi connectivity index (χ4n) is 4.13. The van der Waals surface area contributed by atoms with Crippen molar-refractivity contribution < 1.29 is 19.5 Å². The maximum Gasteiger partial charge on any atom is 0.305 e. The van der Waals surface area contributed by atoms with Gasteiger partial charge in [-0.15, -0.1) is 0 Å². The number of fused-ring (bicyclic) bond motifs is 1. The summed E-state index contributed by atoms with van der Waals surface area (Å²) in [4.78, 5) is 39.2. The molecule has 0 spiro atoms. The van der Waals surface area contributed by atoms with E-state index in [-0.39, 0.29) is 18.2 Å². The highest BCUT2D eigenvalue weighted by Gasteiger charge is 2.31. The summed E-state index contributed by atoms with van der Waals surface area (Å²) in [5.74, 6) is -1.66. The van der Waals surface area contributed by atoms with E-state index < -0.39 is 12.0 Å². The van der Waals surface area contributed by atoms with Gasteiger partial charge in [-0.2, -0.15) is 0 Å². The van der Waals surface area contributed by atoms with E-state index in [2.05, 4.69) is 10.6 Å². The summed E-state index contributed by atoms with van der Waals surface area (Å²) in [6.45, 7) is 1.15. The zero-order valence-electron chi connectivity index (χ0n) is 19.2. The molecule has 1 atom stereocenters. The van der Waals surface area contributed by atoms with Crippen LogP contribution in [0.25, 0.3) is 0 Å². The Hall–Kier alpha value is -4.17. The predicted octanol–water partition coefficient (Wildman–Crippen LogP) is 3.24. The second kappa shape index (κ2) is 10.8. The SMILES string of the molecule is NCc1cccc(NC(=O)c2ccc3c(c2)NC(CC(=O)O)C(=O)N(CCc2ccccc2)C3)c1. The molecule has 0 saturated heterocycles. The summed E-state index contributed by atoms with van der Waals surface area (Å²) in [5, 5.41) is 15.3. The molecule has 8 heteroatoms. The lowest BCUT2D eigenvalue weighted by atomic mass is 10.1. The molecule has 0 bridgehead atoms. The molecule has 0 saturated carbocycles. The molecule has 3 aromatic rings. The minimum absolute atomic E-state index is 0.274. The number of nitrogens with zero attached hydrogens (tertiary/aromatic N) is 1. The average Bonchev–Trinajstić information content (AvgIpc) is 2.99. The van der Waals surface area contributed by atoms with Crippen LogP contribution < -0.4 is 16.4 Å². The van der Waals surface area contributed by atoms with Crippen molar-refractivity contribution >= 4 is 29.2 Å². The standard InChI is InChI=1S/C27H28N4O4/c28-16-19-7-4-8-22(13-19)29-26(34)20-9-10-21-17-31(12-11-18-5-2-1-3-6-18)27(35)24(15-25(32)33)30-23(21)14-20/h1-10,13-14,24,30H,11-12,15-17,28H2,(H,29,34)(H,32,33). The summed E-state index contributed by atoms with van der Waals surface area (Å²) < 4.78 is 0. The van der Waals surface area contributed by atoms with Crippen LogP contribution in [0.3, 0.4) is 0 Å². The quantitative estimate of drug-likeness (QED) is 0.399. The van der Waals surface area contributed by atoms with Gasteiger partial charge < -0.3 is 26.4 Å². The third kappa shape index (κ3) is 6.04. The van der Waals surface area contributed by atoms with E-state index in [4.69, 9.17) is 5.73 Å². The number of amides is 2. The molecular weight excluding hydrogens is 444 g/mol. The van der Waals surface area contributed by atoms with Crippen LogP contribution in [0.15, 0.2) is 72.8 Å². The van der Waals surface area contributed by atoms with Crippen molar-refractivity contribution in [3.63, 3.8) is 0 Å². The molecule has 0 aliphatic carbocycles. The Balaban J connectivity index is 1.56. The second-order valence-corrected chi connectivity index (χ2v) is 8.52. The highest BCUT2D eigenvalue weighted by atomic mass is 16.4. The smallest absolute Gasteiger partial charge is 0.305 e. The number of rotatable bonds is 8. The van der Waals surface area contributed by atoms with Crippen molar-refractivity contribution in [1.29, 1.82) is 0 Å². The Labute approximate surface area is 203 Å². The first kappa shape index (κ1) is 24.0. The van der Waals surface area contributed by atoms with Gasteiger partial charge >= 0.3 is 5.97 Å². The Kier molecular flexibility index (Phi) is 7.42. The molecule has 1 aliphatic heterocycles. The lowest BCUT2D eigenvalue weighted by Crippen LogP contribution is -2.42. The number of carboxylic acids is 1. The number of anilines is 2. The summed E-state index contributed by atoms with van der Waals surface area (Å²) in [5.41, 5.74) is 10.1. The van der Waals surface area contributed by atoms with E-state index in [1.54, 1.807) is 29.2 Å². The normalized spacial score (nSPS) is 15.1. The summed E-state index contributed by atoms with van der Waals surface area (Å²) >= 11 is 0. The minimum Gasteiger partial charge on any atom is -0.481 e. The molecule has 0 fully saturated rings. The topological polar surface area (TPSA) is 125 Å². The third-order valence-corrected chi connectivity index (χ3v) is 5.99. The monoisotopic (exact) mass is 472 g/mol. The van der Waals surface area contributed by atoms with E-state index >= 15 is 0 Å². The van der Waals surface area contributed by atoms with Gasteiger partial charge in [0, 0.05) is 36.6 Å². The van der Waals surface area contributed by atoms with Gasteiger partial charge in [0.2, 0.25) is 5.91 Å². The first-order valence-corrected chi connectivity index (χ1v) is 11.5. The van der Waals surface area contributed by atoms with Gasteiger partial charge in [0.05, 0.1) is 6.42 Å². The molecule has 1 heterocycles. The molecule has 0 radical (unpaired) electrons. The van der Waals surface area contributed by atoms with Gasteiger partial charge in [-0.3, -0.25) is 14.4 Å². The number of nitrogens with one attached hydrogen (secondary N) is 2. The summed E-state index contributed by atoms with van der Waals surface area (Å²) in [6.07, 6.45) is 0.298. The number of hydrogen-bond donors (Lipinski definition) is 4. The molecule has 35 heavy (non-hydrogen) atoms. The second-order valence-electron chi connectivity index (χ2n) is 8.52. The van der Waals surface area contributed by atoms with Crippen LogP contribution >= 0.6 is 0 Å². The Morgan fingerprint density at radius 2 is 1.80 bits per heavy atom. The number of carboxylic acid groups (broad SMARTS) is 1. The Bertz CT molecular complexity index is 1230. The first-order chi connectivity index (χ1) is 16.9. The van der Waals surface area contributed by atoms with Gasteiger partial charge in [-0.25, -0.2) is 0 Å². The lowest BCUT2D eigenvalue weighted by molar-refractivity contribution is -0.141. The molecule has 8 nitrogen and oxygen atoms in total. The zero-order chi connectivity index (χ0) is 24.8. The third-order valence-electron chi connectivity index (χ3n) is 5.99. The highest BCUT2D eigenvalue weighted by Crippen LogP contribution is 2.26. The van der Waals surface area contributed by atoms with Crippen LogP contribution in [0, 0.1) is 0 Å². The minimum atomic E-state index is -1.07. The first-order valence-electron chi connectivity index (χ1n) is 11.5. The van der Waals surface area contributed by atoms with Crippen molar-refractivity contribution in [1.82, 2.24) is 4.90 Å². The van der Waals surface area contributed by atoms with Gasteiger partial charge in [0.15, 0.2) is 0 Å². The maximum absolute atomic E-state index is 13.2. The fraction of sp³-hybridized carbons (Fsp3) is 0.222. The van der Waals surface area contributed by atoms with Crippen molar-refractivity contribution in [3.05, 3.63) is 95.1 Å². The number of aliphatic carboxylic acids is 1.